The van der Waals surface area contributed by atoms with Gasteiger partial charge in [-0.3, -0.25) is 0 Å². The Kier molecular flexibility index (Phi) is 1.43. The van der Waals surface area contributed by atoms with Crippen molar-refractivity contribution in [3.8, 4) is 0 Å². The number of rotatable bonds is 0. The Hall–Kier alpha value is -0.990. The highest BCUT2D eigenvalue weighted by molar-refractivity contribution is 4.63. The lowest BCUT2D eigenvalue weighted by molar-refractivity contribution is -0.754. The molecule has 0 aliphatic rings. The van der Waals surface area contributed by atoms with E-state index in [9.17, 15) is 0 Å². The molecule has 0 spiro atoms. The third kappa shape index (κ3) is 1.29. The van der Waals surface area contributed by atoms with Crippen LogP contribution in [0.2, 0.25) is 0 Å². The van der Waals surface area contributed by atoms with Crippen molar-refractivity contribution in [2.24, 2.45) is 0 Å². The van der Waals surface area contributed by atoms with Crippen molar-refractivity contribution in [1.82, 2.24) is 4.73 Å². The number of hydrogen-bond donors (Lipinski definition) is 1. The average Bonchev–Trinajstić information content (AvgIpc) is 2.11. The number of imidazole rings is 1. The van der Waals surface area contributed by atoms with E-state index >= 15 is 0 Å². The monoisotopic (exact) mass is 141 g/mol. The van der Waals surface area contributed by atoms with Crippen molar-refractivity contribution >= 4 is 0 Å². The van der Waals surface area contributed by atoms with Crippen LogP contribution in [-0.4, -0.2) is 9.94 Å². The molecule has 0 aromatic carbocycles. The van der Waals surface area contributed by atoms with E-state index in [2.05, 4.69) is 20.8 Å². The summed E-state index contributed by atoms with van der Waals surface area (Å²) in [4.78, 5) is 0. The van der Waals surface area contributed by atoms with Crippen molar-refractivity contribution in [1.29, 1.82) is 0 Å². The molecule has 3 heteroatoms. The Morgan fingerprint density at radius 1 is 1.40 bits per heavy atom. The topological polar surface area (TPSA) is 29.0 Å². The molecule has 1 heterocycles. The van der Waals surface area contributed by atoms with Crippen LogP contribution in [0.4, 0.5) is 0 Å². The summed E-state index contributed by atoms with van der Waals surface area (Å²) in [6.07, 6.45) is 5.07. The molecular formula is C7H13N2O+. The predicted octanol–water partition coefficient (Wildman–Crippen LogP) is 0.768. The minimum atomic E-state index is 0.0496. The fourth-order valence-electron chi connectivity index (χ4n) is 0.741. The van der Waals surface area contributed by atoms with Gasteiger partial charge in [0.05, 0.1) is 0 Å². The summed E-state index contributed by atoms with van der Waals surface area (Å²) < 4.78 is 2.98. The Morgan fingerprint density at radius 3 is 2.20 bits per heavy atom. The van der Waals surface area contributed by atoms with E-state index in [1.807, 2.05) is 10.8 Å². The summed E-state index contributed by atoms with van der Waals surface area (Å²) in [5, 5.41) is 8.91. The summed E-state index contributed by atoms with van der Waals surface area (Å²) in [7, 11) is 0. The Balaban J connectivity index is 2.96. The lowest BCUT2D eigenvalue weighted by atomic mass is 10.1. The zero-order valence-corrected chi connectivity index (χ0v) is 6.57. The van der Waals surface area contributed by atoms with Gasteiger partial charge >= 0.3 is 0 Å². The lowest BCUT2D eigenvalue weighted by Crippen LogP contribution is -2.48. The van der Waals surface area contributed by atoms with Crippen LogP contribution in [0, 0.1) is 0 Å². The van der Waals surface area contributed by atoms with Gasteiger partial charge in [-0.05, 0) is 20.8 Å². The summed E-state index contributed by atoms with van der Waals surface area (Å²) in [6, 6.07) is 0. The maximum Gasteiger partial charge on any atom is 0.284 e. The molecule has 0 bridgehead atoms. The molecule has 0 fully saturated rings. The van der Waals surface area contributed by atoms with E-state index in [-0.39, 0.29) is 5.54 Å². The van der Waals surface area contributed by atoms with Crippen LogP contribution in [0.5, 0.6) is 0 Å². The van der Waals surface area contributed by atoms with Crippen LogP contribution in [0.3, 0.4) is 0 Å². The van der Waals surface area contributed by atoms with Gasteiger partial charge in [0.1, 0.15) is 11.7 Å². The molecule has 0 amide bonds. The highest BCUT2D eigenvalue weighted by Gasteiger charge is 2.18. The molecule has 0 atom stereocenters. The molecule has 1 N–H and O–H groups in total. The minimum absolute atomic E-state index is 0.0496. The molecule has 0 saturated carbocycles. The highest BCUT2D eigenvalue weighted by Crippen LogP contribution is 2.01. The van der Waals surface area contributed by atoms with Gasteiger partial charge in [-0.25, -0.2) is 4.57 Å². The van der Waals surface area contributed by atoms with Crippen molar-refractivity contribution in [3.63, 3.8) is 0 Å². The molecular weight excluding hydrogens is 128 g/mol. The second-order valence-corrected chi connectivity index (χ2v) is 3.37. The zero-order chi connectivity index (χ0) is 7.78. The van der Waals surface area contributed by atoms with Crippen molar-refractivity contribution in [3.05, 3.63) is 18.7 Å². The molecule has 0 aliphatic heterocycles. The smallest absolute Gasteiger partial charge is 0.284 e. The van der Waals surface area contributed by atoms with Crippen LogP contribution in [0.15, 0.2) is 18.7 Å². The maximum absolute atomic E-state index is 8.91. The number of hydrogen-bond acceptors (Lipinski definition) is 1. The first-order valence-electron chi connectivity index (χ1n) is 3.29. The van der Waals surface area contributed by atoms with Gasteiger partial charge in [0.15, 0.2) is 6.20 Å². The summed E-state index contributed by atoms with van der Waals surface area (Å²) >= 11 is 0. The van der Waals surface area contributed by atoms with Crippen LogP contribution >= 0.6 is 0 Å². The Morgan fingerprint density at radius 2 is 2.00 bits per heavy atom. The second-order valence-electron chi connectivity index (χ2n) is 3.37. The highest BCUT2D eigenvalue weighted by atomic mass is 16.5. The number of aromatic nitrogens is 2. The van der Waals surface area contributed by atoms with Crippen LogP contribution in [0.25, 0.3) is 0 Å². The van der Waals surface area contributed by atoms with Gasteiger partial charge < -0.3 is 5.21 Å². The van der Waals surface area contributed by atoms with E-state index < -0.39 is 0 Å². The van der Waals surface area contributed by atoms with E-state index in [0.29, 0.717) is 0 Å². The van der Waals surface area contributed by atoms with Gasteiger partial charge in [-0.1, -0.05) is 4.73 Å². The van der Waals surface area contributed by atoms with E-state index in [1.54, 1.807) is 12.5 Å². The maximum atomic E-state index is 8.91. The fraction of sp³-hybridized carbons (Fsp3) is 0.571. The van der Waals surface area contributed by atoms with Crippen molar-refractivity contribution in [2.75, 3.05) is 0 Å². The van der Waals surface area contributed by atoms with Gasteiger partial charge in [-0.15, -0.1) is 0 Å². The van der Waals surface area contributed by atoms with E-state index in [4.69, 9.17) is 5.21 Å². The molecule has 10 heavy (non-hydrogen) atoms. The third-order valence-electron chi connectivity index (χ3n) is 1.40. The SMILES string of the molecule is CC(C)(C)[n+]1ccn(O)c1. The standard InChI is InChI=1S/C7H13N2O/c1-7(2,3)8-4-5-9(10)6-8/h4-6,10H,1-3H3/q+1. The largest absolute Gasteiger partial charge is 0.350 e. The van der Waals surface area contributed by atoms with Gasteiger partial charge in [0.25, 0.3) is 6.33 Å². The predicted molar refractivity (Wildman–Crippen MR) is 36.8 cm³/mol. The minimum Gasteiger partial charge on any atom is -0.350 e. The average molecular weight is 141 g/mol. The van der Waals surface area contributed by atoms with Crippen LogP contribution < -0.4 is 4.57 Å². The third-order valence-corrected chi connectivity index (χ3v) is 1.40. The van der Waals surface area contributed by atoms with Gasteiger partial charge in [0, 0.05) is 0 Å². The first kappa shape index (κ1) is 7.12. The molecule has 0 unspecified atom stereocenters. The van der Waals surface area contributed by atoms with E-state index in [0.717, 1.165) is 4.73 Å². The molecule has 0 saturated heterocycles. The zero-order valence-electron chi connectivity index (χ0n) is 6.57. The lowest BCUT2D eigenvalue weighted by Gasteiger charge is -2.12. The molecule has 1 aromatic rings. The summed E-state index contributed by atoms with van der Waals surface area (Å²) in [5.74, 6) is 0. The van der Waals surface area contributed by atoms with Gasteiger partial charge in [-0.2, -0.15) is 0 Å². The van der Waals surface area contributed by atoms with Gasteiger partial charge in [0.2, 0.25) is 0 Å². The van der Waals surface area contributed by atoms with E-state index in [1.165, 1.54) is 0 Å². The molecule has 0 aliphatic carbocycles. The first-order valence-corrected chi connectivity index (χ1v) is 3.29. The normalized spacial score (nSPS) is 11.9. The Labute approximate surface area is 60.5 Å². The second kappa shape index (κ2) is 2.01. The quantitative estimate of drug-likeness (QED) is 0.419. The van der Waals surface area contributed by atoms with Crippen LogP contribution in [0.1, 0.15) is 20.8 Å². The summed E-state index contributed by atoms with van der Waals surface area (Å²) in [5.41, 5.74) is 0.0496. The molecule has 56 valence electrons. The fourth-order valence-corrected chi connectivity index (χ4v) is 0.741. The van der Waals surface area contributed by atoms with Crippen molar-refractivity contribution in [2.45, 2.75) is 26.3 Å². The number of nitrogens with zero attached hydrogens (tertiary/aromatic N) is 2. The first-order chi connectivity index (χ1) is 4.50. The van der Waals surface area contributed by atoms with Crippen molar-refractivity contribution < 1.29 is 9.77 Å². The molecule has 1 aromatic heterocycles. The Bertz CT molecular complexity index is 222. The molecule has 3 nitrogen and oxygen atoms in total. The molecule has 0 radical (unpaired) electrons. The summed E-state index contributed by atoms with van der Waals surface area (Å²) in [6.45, 7) is 6.23. The van der Waals surface area contributed by atoms with Crippen LogP contribution in [-0.2, 0) is 5.54 Å². The molecule has 1 rings (SSSR count).